The van der Waals surface area contributed by atoms with Crippen LogP contribution in [0.15, 0.2) is 60.9 Å². The lowest BCUT2D eigenvalue weighted by atomic mass is 10.1. The first-order valence-corrected chi connectivity index (χ1v) is 10.7. The Hall–Kier alpha value is -2.56. The summed E-state index contributed by atoms with van der Waals surface area (Å²) in [5.41, 5.74) is 5.56. The standard InChI is InChI=1S/C25H30N4/c1-26-12-7-13-27(2)17-21-19-29(25-11-6-4-9-23(21)25)15-14-28-18-20(16-26)22-8-3-5-10-24(22)28/h3-6,8-11,18-19H,7,12-17H2,1-2H3. The number of nitrogens with zero attached hydrogens (tertiary/aromatic N) is 4. The molecule has 1 aliphatic rings. The summed E-state index contributed by atoms with van der Waals surface area (Å²) in [5.74, 6) is 0. The Bertz CT molecular complexity index is 1050. The van der Waals surface area contributed by atoms with E-state index in [-0.39, 0.29) is 0 Å². The van der Waals surface area contributed by atoms with Crippen LogP contribution in [0.2, 0.25) is 0 Å². The van der Waals surface area contributed by atoms with Crippen molar-refractivity contribution in [2.45, 2.75) is 32.6 Å². The highest BCUT2D eigenvalue weighted by molar-refractivity contribution is 5.85. The minimum absolute atomic E-state index is 0.984. The average Bonchev–Trinajstić information content (AvgIpc) is 3.24. The SMILES string of the molecule is CN1CCCN(C)Cc2cn(c3ccccc23)CCn2cc(c3ccccc32)C1. The van der Waals surface area contributed by atoms with Crippen LogP contribution in [0.25, 0.3) is 21.8 Å². The fraction of sp³-hybridized carbons (Fsp3) is 0.360. The van der Waals surface area contributed by atoms with Gasteiger partial charge in [0.15, 0.2) is 0 Å². The van der Waals surface area contributed by atoms with Gasteiger partial charge in [0.1, 0.15) is 0 Å². The van der Waals surface area contributed by atoms with Gasteiger partial charge in [-0.25, -0.2) is 0 Å². The van der Waals surface area contributed by atoms with Gasteiger partial charge in [-0.2, -0.15) is 0 Å². The van der Waals surface area contributed by atoms with Crippen LogP contribution in [0.4, 0.5) is 0 Å². The molecule has 4 nitrogen and oxygen atoms in total. The lowest BCUT2D eigenvalue weighted by molar-refractivity contribution is 0.271. The van der Waals surface area contributed by atoms with E-state index in [1.807, 2.05) is 0 Å². The molecule has 4 heteroatoms. The molecule has 2 aromatic heterocycles. The van der Waals surface area contributed by atoms with Crippen LogP contribution >= 0.6 is 0 Å². The molecule has 0 amide bonds. The molecule has 0 spiro atoms. The summed E-state index contributed by atoms with van der Waals surface area (Å²) in [7, 11) is 4.49. The molecule has 29 heavy (non-hydrogen) atoms. The van der Waals surface area contributed by atoms with Crippen molar-refractivity contribution in [3.05, 3.63) is 72.1 Å². The molecular formula is C25H30N4. The summed E-state index contributed by atoms with van der Waals surface area (Å²) in [5, 5.41) is 2.78. The quantitative estimate of drug-likeness (QED) is 0.440. The summed E-state index contributed by atoms with van der Waals surface area (Å²) in [6, 6.07) is 17.7. The number of hydrogen-bond acceptors (Lipinski definition) is 2. The Morgan fingerprint density at radius 2 is 1.03 bits per heavy atom. The summed E-state index contributed by atoms with van der Waals surface area (Å²) in [4.78, 5) is 4.92. The topological polar surface area (TPSA) is 16.3 Å². The van der Waals surface area contributed by atoms with Crippen LogP contribution < -0.4 is 0 Å². The predicted octanol–water partition coefficient (Wildman–Crippen LogP) is 4.56. The van der Waals surface area contributed by atoms with Crippen LogP contribution in [0.3, 0.4) is 0 Å². The van der Waals surface area contributed by atoms with Crippen LogP contribution in [-0.2, 0) is 26.2 Å². The number of aryl methyl sites for hydroxylation is 2. The Kier molecular flexibility index (Phi) is 4.90. The Morgan fingerprint density at radius 1 is 0.586 bits per heavy atom. The zero-order valence-electron chi connectivity index (χ0n) is 17.5. The van der Waals surface area contributed by atoms with Gasteiger partial charge in [-0.05, 0) is 56.9 Å². The molecular weight excluding hydrogens is 356 g/mol. The highest BCUT2D eigenvalue weighted by Crippen LogP contribution is 2.25. The van der Waals surface area contributed by atoms with E-state index in [4.69, 9.17) is 0 Å². The molecule has 3 heterocycles. The van der Waals surface area contributed by atoms with Crippen molar-refractivity contribution < 1.29 is 0 Å². The third-order valence-electron chi connectivity index (χ3n) is 6.28. The number of rotatable bonds is 0. The normalized spacial score (nSPS) is 17.4. The number of fused-ring (bicyclic) bond motifs is 10. The maximum Gasteiger partial charge on any atom is 0.0484 e. The van der Waals surface area contributed by atoms with E-state index in [0.717, 1.165) is 39.3 Å². The monoisotopic (exact) mass is 386 g/mol. The molecule has 0 saturated heterocycles. The van der Waals surface area contributed by atoms with Gasteiger partial charge in [0.25, 0.3) is 0 Å². The molecule has 0 N–H and O–H groups in total. The van der Waals surface area contributed by atoms with Crippen molar-refractivity contribution in [1.82, 2.24) is 18.9 Å². The Morgan fingerprint density at radius 3 is 1.52 bits per heavy atom. The highest BCUT2D eigenvalue weighted by atomic mass is 15.1. The lowest BCUT2D eigenvalue weighted by Gasteiger charge is -2.20. The zero-order valence-corrected chi connectivity index (χ0v) is 17.5. The second kappa shape index (κ2) is 7.69. The van der Waals surface area contributed by atoms with E-state index < -0.39 is 0 Å². The fourth-order valence-corrected chi connectivity index (χ4v) is 4.83. The van der Waals surface area contributed by atoms with Crippen LogP contribution in [0, 0.1) is 0 Å². The Balaban J connectivity index is 1.57. The van der Waals surface area contributed by atoms with Crippen molar-refractivity contribution in [2.24, 2.45) is 0 Å². The second-order valence-electron chi connectivity index (χ2n) is 8.56. The lowest BCUT2D eigenvalue weighted by Crippen LogP contribution is -2.25. The molecule has 0 saturated carbocycles. The van der Waals surface area contributed by atoms with E-state index in [0.29, 0.717) is 0 Å². The molecule has 1 aliphatic heterocycles. The fourth-order valence-electron chi connectivity index (χ4n) is 4.83. The predicted molar refractivity (Wildman–Crippen MR) is 121 cm³/mol. The Labute approximate surface area is 172 Å². The zero-order chi connectivity index (χ0) is 19.8. The van der Waals surface area contributed by atoms with Crippen LogP contribution in [0.1, 0.15) is 17.5 Å². The van der Waals surface area contributed by atoms with Crippen molar-refractivity contribution in [2.75, 3.05) is 27.2 Å². The minimum atomic E-state index is 0.984. The van der Waals surface area contributed by atoms with E-state index in [1.165, 1.54) is 39.4 Å². The van der Waals surface area contributed by atoms with Crippen LogP contribution in [-0.4, -0.2) is 46.1 Å². The third-order valence-corrected chi connectivity index (χ3v) is 6.28. The summed E-state index contributed by atoms with van der Waals surface area (Å²) >= 11 is 0. The average molecular weight is 387 g/mol. The summed E-state index contributed by atoms with van der Waals surface area (Å²) in [6.07, 6.45) is 5.93. The van der Waals surface area contributed by atoms with Gasteiger partial charge in [0.2, 0.25) is 0 Å². The van der Waals surface area contributed by atoms with Crippen molar-refractivity contribution in [1.29, 1.82) is 0 Å². The molecule has 0 radical (unpaired) electrons. The van der Waals surface area contributed by atoms with Gasteiger partial charge in [-0.3, -0.25) is 0 Å². The number of hydrogen-bond donors (Lipinski definition) is 0. The molecule has 0 fully saturated rings. The van der Waals surface area contributed by atoms with Gasteiger partial charge < -0.3 is 18.9 Å². The van der Waals surface area contributed by atoms with Crippen molar-refractivity contribution in [3.8, 4) is 0 Å². The van der Waals surface area contributed by atoms with E-state index in [9.17, 15) is 0 Å². The summed E-state index contributed by atoms with van der Waals surface area (Å²) < 4.78 is 4.89. The van der Waals surface area contributed by atoms with E-state index in [1.54, 1.807) is 0 Å². The molecule has 2 aromatic carbocycles. The summed E-state index contributed by atoms with van der Waals surface area (Å²) in [6.45, 7) is 6.22. The maximum absolute atomic E-state index is 2.46. The van der Waals surface area contributed by atoms with Gasteiger partial charge in [0.05, 0.1) is 0 Å². The maximum atomic E-state index is 2.46. The number of aromatic nitrogens is 2. The van der Waals surface area contributed by atoms with Gasteiger partial charge in [-0.1, -0.05) is 36.4 Å². The van der Waals surface area contributed by atoms with Crippen molar-refractivity contribution in [3.63, 3.8) is 0 Å². The molecule has 0 atom stereocenters. The van der Waals surface area contributed by atoms with Crippen LogP contribution in [0.5, 0.6) is 0 Å². The molecule has 150 valence electrons. The molecule has 4 bridgehead atoms. The van der Waals surface area contributed by atoms with Crippen molar-refractivity contribution >= 4 is 21.8 Å². The smallest absolute Gasteiger partial charge is 0.0484 e. The molecule has 4 aromatic rings. The van der Waals surface area contributed by atoms with Gasteiger partial charge in [0, 0.05) is 60.4 Å². The highest BCUT2D eigenvalue weighted by Gasteiger charge is 2.14. The third kappa shape index (κ3) is 3.59. The van der Waals surface area contributed by atoms with Gasteiger partial charge >= 0.3 is 0 Å². The molecule has 0 aliphatic carbocycles. The minimum Gasteiger partial charge on any atom is -0.345 e. The van der Waals surface area contributed by atoms with E-state index >= 15 is 0 Å². The largest absolute Gasteiger partial charge is 0.345 e. The first-order chi connectivity index (χ1) is 14.2. The first-order valence-electron chi connectivity index (χ1n) is 10.7. The second-order valence-corrected chi connectivity index (χ2v) is 8.56. The number of para-hydroxylation sites is 2. The van der Waals surface area contributed by atoms with E-state index in [2.05, 4.69) is 94.0 Å². The first kappa shape index (κ1) is 18.5. The van der Waals surface area contributed by atoms with Gasteiger partial charge in [-0.15, -0.1) is 0 Å². The number of benzene rings is 2. The molecule has 0 unspecified atom stereocenters. The molecule has 5 rings (SSSR count).